The third-order valence-corrected chi connectivity index (χ3v) is 4.80. The van der Waals surface area contributed by atoms with Crippen LogP contribution in [0, 0.1) is 18.2 Å². The van der Waals surface area contributed by atoms with E-state index in [1.165, 1.54) is 12.1 Å². The minimum atomic E-state index is -3.88. The molecule has 3 N–H and O–H groups in total. The maximum Gasteiger partial charge on any atom is 0.244 e. The highest BCUT2D eigenvalue weighted by Crippen LogP contribution is 2.22. The summed E-state index contributed by atoms with van der Waals surface area (Å²) in [6, 6.07) is 3.23. The molecule has 0 atom stereocenters. The molecule has 0 fully saturated rings. The van der Waals surface area contributed by atoms with E-state index >= 15 is 0 Å². The molecule has 0 spiro atoms. The molecule has 0 radical (unpaired) electrons. The van der Waals surface area contributed by atoms with Crippen molar-refractivity contribution in [2.75, 3.05) is 6.54 Å². The zero-order chi connectivity index (χ0) is 14.8. The summed E-state index contributed by atoms with van der Waals surface area (Å²) >= 11 is 0. The molecule has 1 rings (SSSR count). The van der Waals surface area contributed by atoms with Crippen molar-refractivity contribution in [3.8, 4) is 0 Å². The minimum absolute atomic E-state index is 0.0950. The normalized spacial score (nSPS) is 12.1. The van der Waals surface area contributed by atoms with Crippen molar-refractivity contribution >= 4 is 15.9 Å². The van der Waals surface area contributed by atoms with Crippen molar-refractivity contribution in [2.45, 2.75) is 31.7 Å². The highest BCUT2D eigenvalue weighted by atomic mass is 32.2. The lowest BCUT2D eigenvalue weighted by Gasteiger charge is -2.26. The molecular weight excluding hydrogens is 269 g/mol. The van der Waals surface area contributed by atoms with Gasteiger partial charge in [-0.3, -0.25) is 5.41 Å². The van der Waals surface area contributed by atoms with Crippen LogP contribution in [0.4, 0.5) is 4.39 Å². The van der Waals surface area contributed by atoms with Crippen LogP contribution >= 0.6 is 0 Å². The Labute approximate surface area is 112 Å². The first-order chi connectivity index (χ1) is 8.66. The SMILES string of the molecule is Cc1ccc(F)cc1S(=O)(=O)N(CC(=N)N)C(C)C. The number of nitrogens with one attached hydrogen (secondary N) is 1. The second-order valence-corrected chi connectivity index (χ2v) is 6.44. The van der Waals surface area contributed by atoms with Gasteiger partial charge in [0, 0.05) is 6.04 Å². The second-order valence-electron chi connectivity index (χ2n) is 4.58. The van der Waals surface area contributed by atoms with E-state index in [0.29, 0.717) is 5.56 Å². The molecule has 1 aromatic carbocycles. The first-order valence-electron chi connectivity index (χ1n) is 5.77. The number of benzene rings is 1. The smallest absolute Gasteiger partial charge is 0.244 e. The van der Waals surface area contributed by atoms with Crippen LogP contribution in [0.25, 0.3) is 0 Å². The van der Waals surface area contributed by atoms with Crippen molar-refractivity contribution in [1.29, 1.82) is 5.41 Å². The van der Waals surface area contributed by atoms with Crippen molar-refractivity contribution < 1.29 is 12.8 Å². The molecule has 0 amide bonds. The average molecular weight is 287 g/mol. The van der Waals surface area contributed by atoms with Crippen LogP contribution in [0.5, 0.6) is 0 Å². The quantitative estimate of drug-likeness (QED) is 0.635. The molecule has 106 valence electrons. The monoisotopic (exact) mass is 287 g/mol. The summed E-state index contributed by atoms with van der Waals surface area (Å²) in [7, 11) is -3.88. The van der Waals surface area contributed by atoms with E-state index < -0.39 is 15.8 Å². The van der Waals surface area contributed by atoms with Crippen LogP contribution < -0.4 is 5.73 Å². The first kappa shape index (κ1) is 15.6. The molecule has 0 unspecified atom stereocenters. The Hall–Kier alpha value is -1.47. The zero-order valence-corrected chi connectivity index (χ0v) is 12.0. The van der Waals surface area contributed by atoms with E-state index in [9.17, 15) is 12.8 Å². The topological polar surface area (TPSA) is 87.2 Å². The van der Waals surface area contributed by atoms with Crippen LogP contribution in [0.1, 0.15) is 19.4 Å². The Bertz CT molecular complexity index is 585. The number of aryl methyl sites for hydroxylation is 1. The molecule has 0 aromatic heterocycles. The van der Waals surface area contributed by atoms with E-state index in [4.69, 9.17) is 11.1 Å². The molecule has 0 aliphatic heterocycles. The van der Waals surface area contributed by atoms with Gasteiger partial charge in [-0.05, 0) is 38.5 Å². The number of rotatable bonds is 5. The summed E-state index contributed by atoms with van der Waals surface area (Å²) < 4.78 is 39.3. The van der Waals surface area contributed by atoms with Crippen LogP contribution in [0.15, 0.2) is 23.1 Å². The fourth-order valence-corrected chi connectivity index (χ4v) is 3.54. The van der Waals surface area contributed by atoms with Gasteiger partial charge in [0.25, 0.3) is 0 Å². The van der Waals surface area contributed by atoms with Crippen molar-refractivity contribution in [1.82, 2.24) is 4.31 Å². The molecule has 19 heavy (non-hydrogen) atoms. The van der Waals surface area contributed by atoms with Crippen molar-refractivity contribution in [2.24, 2.45) is 5.73 Å². The van der Waals surface area contributed by atoms with Crippen LogP contribution in [0.3, 0.4) is 0 Å². The molecule has 0 saturated heterocycles. The Kier molecular flexibility index (Phi) is 4.65. The molecule has 0 bridgehead atoms. The van der Waals surface area contributed by atoms with Gasteiger partial charge in [-0.2, -0.15) is 4.31 Å². The summed E-state index contributed by atoms with van der Waals surface area (Å²) in [5, 5.41) is 7.25. The Morgan fingerprint density at radius 3 is 2.53 bits per heavy atom. The molecular formula is C12H18FN3O2S. The van der Waals surface area contributed by atoms with Gasteiger partial charge in [-0.25, -0.2) is 12.8 Å². The van der Waals surface area contributed by atoms with E-state index in [1.807, 2.05) is 0 Å². The van der Waals surface area contributed by atoms with Crippen LogP contribution in [-0.2, 0) is 10.0 Å². The number of nitrogens with two attached hydrogens (primary N) is 1. The maximum absolute atomic E-state index is 13.3. The molecule has 0 aliphatic carbocycles. The number of sulfonamides is 1. The highest BCUT2D eigenvalue weighted by molar-refractivity contribution is 7.89. The summed E-state index contributed by atoms with van der Waals surface area (Å²) in [4.78, 5) is -0.0950. The van der Waals surface area contributed by atoms with Gasteiger partial charge in [0.2, 0.25) is 10.0 Å². The molecule has 0 aliphatic rings. The predicted octanol–water partition coefficient (Wildman–Crippen LogP) is 1.47. The van der Waals surface area contributed by atoms with Gasteiger partial charge in [0.1, 0.15) is 11.7 Å². The number of nitrogens with zero attached hydrogens (tertiary/aromatic N) is 1. The van der Waals surface area contributed by atoms with Gasteiger partial charge in [-0.15, -0.1) is 0 Å². The lowest BCUT2D eigenvalue weighted by Crippen LogP contribution is -2.42. The maximum atomic E-state index is 13.3. The Balaban J connectivity index is 3.34. The van der Waals surface area contributed by atoms with Crippen molar-refractivity contribution in [3.05, 3.63) is 29.6 Å². The van der Waals surface area contributed by atoms with Gasteiger partial charge in [0.05, 0.1) is 11.4 Å². The fourth-order valence-electron chi connectivity index (χ4n) is 1.69. The number of amidine groups is 1. The zero-order valence-electron chi connectivity index (χ0n) is 11.1. The molecule has 0 saturated carbocycles. The fraction of sp³-hybridized carbons (Fsp3) is 0.417. The second kappa shape index (κ2) is 5.66. The first-order valence-corrected chi connectivity index (χ1v) is 7.21. The Morgan fingerprint density at radius 1 is 1.47 bits per heavy atom. The number of halogens is 1. The van der Waals surface area contributed by atoms with E-state index in [2.05, 4.69) is 0 Å². The average Bonchev–Trinajstić information content (AvgIpc) is 2.28. The number of hydrogen-bond donors (Lipinski definition) is 2. The van der Waals surface area contributed by atoms with Crippen molar-refractivity contribution in [3.63, 3.8) is 0 Å². The summed E-state index contributed by atoms with van der Waals surface area (Å²) in [5.41, 5.74) is 5.73. The highest BCUT2D eigenvalue weighted by Gasteiger charge is 2.29. The third kappa shape index (κ3) is 3.51. The van der Waals surface area contributed by atoms with Crippen LogP contribution in [-0.4, -0.2) is 31.1 Å². The Morgan fingerprint density at radius 2 is 2.05 bits per heavy atom. The molecule has 7 heteroatoms. The summed E-state index contributed by atoms with van der Waals surface area (Å²) in [5.74, 6) is -0.873. The predicted molar refractivity (Wildman–Crippen MR) is 72.1 cm³/mol. The summed E-state index contributed by atoms with van der Waals surface area (Å²) in [6.07, 6.45) is 0. The third-order valence-electron chi connectivity index (χ3n) is 2.64. The minimum Gasteiger partial charge on any atom is -0.387 e. The van der Waals surface area contributed by atoms with Gasteiger partial charge >= 0.3 is 0 Å². The standard InChI is InChI=1S/C12H18FN3O2S/c1-8(2)16(7-12(14)15)19(17,18)11-6-10(13)5-4-9(11)3/h4-6,8H,7H2,1-3H3,(H3,14,15). The van der Waals surface area contributed by atoms with Crippen LogP contribution in [0.2, 0.25) is 0 Å². The van der Waals surface area contributed by atoms with Gasteiger partial charge in [0.15, 0.2) is 0 Å². The molecule has 0 heterocycles. The van der Waals surface area contributed by atoms with E-state index in [-0.39, 0.29) is 23.3 Å². The van der Waals surface area contributed by atoms with E-state index in [0.717, 1.165) is 10.4 Å². The lowest BCUT2D eigenvalue weighted by atomic mass is 10.2. The lowest BCUT2D eigenvalue weighted by molar-refractivity contribution is 0.388. The molecule has 1 aromatic rings. The van der Waals surface area contributed by atoms with Gasteiger partial charge in [-0.1, -0.05) is 6.07 Å². The summed E-state index contributed by atoms with van der Waals surface area (Å²) in [6.45, 7) is 4.73. The largest absolute Gasteiger partial charge is 0.387 e. The van der Waals surface area contributed by atoms with E-state index in [1.54, 1.807) is 20.8 Å². The molecule has 5 nitrogen and oxygen atoms in total. The van der Waals surface area contributed by atoms with Gasteiger partial charge < -0.3 is 5.73 Å². The number of hydrogen-bond acceptors (Lipinski definition) is 3.